The molecule has 0 amide bonds. The second kappa shape index (κ2) is 4.14. The van der Waals surface area contributed by atoms with Crippen molar-refractivity contribution in [3.05, 3.63) is 52.1 Å². The van der Waals surface area contributed by atoms with Crippen LogP contribution in [-0.4, -0.2) is 4.92 Å². The molecule has 2 N–H and O–H groups in total. The molecule has 80 valence electrons. The van der Waals surface area contributed by atoms with E-state index in [-0.39, 0.29) is 0 Å². The summed E-state index contributed by atoms with van der Waals surface area (Å²) in [5.41, 5.74) is 4.33. The largest absolute Gasteiger partial charge is 0.320 e. The summed E-state index contributed by atoms with van der Waals surface area (Å²) in [6, 6.07) is 0.449. The Morgan fingerprint density at radius 1 is 1.53 bits per heavy atom. The Bertz CT molecular complexity index is 421. The molecule has 4 nitrogen and oxygen atoms in total. The molecule has 1 aromatic carbocycles. The van der Waals surface area contributed by atoms with Gasteiger partial charge in [-0.25, -0.2) is 8.78 Å². The molecule has 0 aliphatic rings. The van der Waals surface area contributed by atoms with Crippen LogP contribution in [0.4, 0.5) is 14.5 Å². The fourth-order valence-corrected chi connectivity index (χ4v) is 1.15. The van der Waals surface area contributed by atoms with E-state index in [1.54, 1.807) is 0 Å². The summed E-state index contributed by atoms with van der Waals surface area (Å²) in [6.45, 7) is 3.27. The Morgan fingerprint density at radius 3 is 2.60 bits per heavy atom. The van der Waals surface area contributed by atoms with Crippen molar-refractivity contribution in [3.8, 4) is 0 Å². The maximum absolute atomic E-state index is 13.3. The molecular weight excluding hydrogens is 206 g/mol. The summed E-state index contributed by atoms with van der Waals surface area (Å²) in [6.07, 6.45) is 1.10. The first-order valence-corrected chi connectivity index (χ1v) is 3.99. The molecule has 0 radical (unpaired) electrons. The lowest BCUT2D eigenvalue weighted by atomic mass is 10.0. The van der Waals surface area contributed by atoms with Crippen LogP contribution >= 0.6 is 0 Å². The van der Waals surface area contributed by atoms with Crippen molar-refractivity contribution < 1.29 is 13.7 Å². The summed E-state index contributed by atoms with van der Waals surface area (Å²) in [5.74, 6) is -2.48. The second-order valence-corrected chi connectivity index (χ2v) is 2.81. The number of nitrogens with two attached hydrogens (primary N) is 1. The van der Waals surface area contributed by atoms with E-state index < -0.39 is 33.9 Å². The number of halogens is 2. The van der Waals surface area contributed by atoms with Crippen LogP contribution < -0.4 is 5.73 Å². The Balaban J connectivity index is 3.48. The van der Waals surface area contributed by atoms with E-state index in [1.807, 2.05) is 0 Å². The fourth-order valence-electron chi connectivity index (χ4n) is 1.15. The van der Waals surface area contributed by atoms with Crippen LogP contribution in [0.3, 0.4) is 0 Å². The fraction of sp³-hybridized carbons (Fsp3) is 0.111. The Kier molecular flexibility index (Phi) is 3.11. The second-order valence-electron chi connectivity index (χ2n) is 2.81. The highest BCUT2D eigenvalue weighted by atomic mass is 19.2. The average Bonchev–Trinajstić information content (AvgIpc) is 2.20. The summed E-state index contributed by atoms with van der Waals surface area (Å²) >= 11 is 0. The lowest BCUT2D eigenvalue weighted by Gasteiger charge is -2.08. The van der Waals surface area contributed by atoms with Crippen LogP contribution in [0, 0.1) is 21.7 Å². The van der Waals surface area contributed by atoms with Crippen molar-refractivity contribution in [1.29, 1.82) is 0 Å². The number of hydrogen-bond acceptors (Lipinski definition) is 3. The number of nitrogens with zero attached hydrogens (tertiary/aromatic N) is 1. The third kappa shape index (κ3) is 1.99. The monoisotopic (exact) mass is 214 g/mol. The van der Waals surface area contributed by atoms with Gasteiger partial charge in [-0.05, 0) is 6.07 Å². The van der Waals surface area contributed by atoms with Crippen molar-refractivity contribution in [3.63, 3.8) is 0 Å². The zero-order valence-corrected chi connectivity index (χ0v) is 7.61. The smallest absolute Gasteiger partial charge is 0.277 e. The van der Waals surface area contributed by atoms with Gasteiger partial charge in [0.15, 0.2) is 11.6 Å². The van der Waals surface area contributed by atoms with Crippen molar-refractivity contribution in [2.24, 2.45) is 5.73 Å². The van der Waals surface area contributed by atoms with Gasteiger partial charge in [-0.15, -0.1) is 6.58 Å². The third-order valence-corrected chi connectivity index (χ3v) is 1.89. The predicted octanol–water partition coefficient (Wildman–Crippen LogP) is 2.06. The van der Waals surface area contributed by atoms with Crippen LogP contribution in [0.1, 0.15) is 11.6 Å². The molecule has 1 aromatic rings. The number of hydrogen-bond donors (Lipinski definition) is 1. The lowest BCUT2D eigenvalue weighted by Crippen LogP contribution is -2.12. The first-order chi connectivity index (χ1) is 6.99. The van der Waals surface area contributed by atoms with E-state index in [2.05, 4.69) is 6.58 Å². The van der Waals surface area contributed by atoms with E-state index in [0.29, 0.717) is 6.07 Å². The van der Waals surface area contributed by atoms with Crippen molar-refractivity contribution in [1.82, 2.24) is 0 Å². The maximum Gasteiger partial charge on any atom is 0.277 e. The molecule has 0 saturated heterocycles. The molecular formula is C9H8F2N2O2. The van der Waals surface area contributed by atoms with Gasteiger partial charge in [0.2, 0.25) is 0 Å². The number of nitro benzene ring substituents is 1. The number of nitro groups is 1. The SMILES string of the molecule is C=CC(N)c1c([N+](=O)[O-])ccc(F)c1F. The van der Waals surface area contributed by atoms with Gasteiger partial charge in [0.05, 0.1) is 16.5 Å². The van der Waals surface area contributed by atoms with Gasteiger partial charge in [0, 0.05) is 6.07 Å². The zero-order valence-electron chi connectivity index (χ0n) is 7.61. The van der Waals surface area contributed by atoms with E-state index in [9.17, 15) is 18.9 Å². The molecule has 0 heterocycles. The molecule has 0 aliphatic heterocycles. The topological polar surface area (TPSA) is 69.2 Å². The molecule has 0 saturated carbocycles. The normalized spacial score (nSPS) is 12.2. The van der Waals surface area contributed by atoms with E-state index in [1.165, 1.54) is 0 Å². The van der Waals surface area contributed by atoms with Crippen molar-refractivity contribution in [2.75, 3.05) is 0 Å². The maximum atomic E-state index is 13.3. The van der Waals surface area contributed by atoms with Crippen LogP contribution in [0.25, 0.3) is 0 Å². The van der Waals surface area contributed by atoms with Crippen molar-refractivity contribution >= 4 is 5.69 Å². The highest BCUT2D eigenvalue weighted by Gasteiger charge is 2.24. The zero-order chi connectivity index (χ0) is 11.6. The minimum atomic E-state index is -1.31. The third-order valence-electron chi connectivity index (χ3n) is 1.89. The van der Waals surface area contributed by atoms with Gasteiger partial charge >= 0.3 is 0 Å². The minimum Gasteiger partial charge on any atom is -0.320 e. The molecule has 0 aromatic heterocycles. The molecule has 1 unspecified atom stereocenters. The van der Waals surface area contributed by atoms with Gasteiger partial charge in [-0.2, -0.15) is 0 Å². The molecule has 0 spiro atoms. The first kappa shape index (κ1) is 11.3. The van der Waals surface area contributed by atoms with Crippen molar-refractivity contribution in [2.45, 2.75) is 6.04 Å². The van der Waals surface area contributed by atoms with Gasteiger partial charge in [0.25, 0.3) is 5.69 Å². The van der Waals surface area contributed by atoms with Gasteiger partial charge in [-0.3, -0.25) is 10.1 Å². The van der Waals surface area contributed by atoms with Gasteiger partial charge in [0.1, 0.15) is 0 Å². The molecule has 1 rings (SSSR count). The van der Waals surface area contributed by atoms with Crippen LogP contribution in [0.2, 0.25) is 0 Å². The predicted molar refractivity (Wildman–Crippen MR) is 50.1 cm³/mol. The van der Waals surface area contributed by atoms with E-state index in [4.69, 9.17) is 5.73 Å². The van der Waals surface area contributed by atoms with E-state index in [0.717, 1.165) is 12.1 Å². The Hall–Kier alpha value is -1.82. The highest BCUT2D eigenvalue weighted by Crippen LogP contribution is 2.28. The lowest BCUT2D eigenvalue weighted by molar-refractivity contribution is -0.385. The highest BCUT2D eigenvalue weighted by molar-refractivity contribution is 5.44. The Labute approximate surface area is 84.2 Å². The summed E-state index contributed by atoms with van der Waals surface area (Å²) in [7, 11) is 0. The quantitative estimate of drug-likeness (QED) is 0.475. The first-order valence-electron chi connectivity index (χ1n) is 3.99. The van der Waals surface area contributed by atoms with Gasteiger partial charge < -0.3 is 5.73 Å². The standard InChI is InChI=1S/C9H8F2N2O2/c1-2-6(12)8-7(13(14)15)4-3-5(10)9(8)11/h2-4,6H,1,12H2. The molecule has 1 atom stereocenters. The molecule has 0 bridgehead atoms. The Morgan fingerprint density at radius 2 is 2.13 bits per heavy atom. The summed E-state index contributed by atoms with van der Waals surface area (Å²) in [4.78, 5) is 9.71. The molecule has 0 fully saturated rings. The molecule has 6 heteroatoms. The average molecular weight is 214 g/mol. The van der Waals surface area contributed by atoms with Gasteiger partial charge in [-0.1, -0.05) is 6.08 Å². The minimum absolute atomic E-state index is 0.491. The van der Waals surface area contributed by atoms with Crippen LogP contribution in [-0.2, 0) is 0 Å². The number of benzene rings is 1. The molecule has 15 heavy (non-hydrogen) atoms. The summed E-state index contributed by atoms with van der Waals surface area (Å²) in [5, 5.41) is 10.5. The molecule has 0 aliphatic carbocycles. The van der Waals surface area contributed by atoms with Crippen LogP contribution in [0.15, 0.2) is 24.8 Å². The number of rotatable bonds is 3. The summed E-state index contributed by atoms with van der Waals surface area (Å²) < 4.78 is 26.1. The van der Waals surface area contributed by atoms with E-state index >= 15 is 0 Å². The van der Waals surface area contributed by atoms with Crippen LogP contribution in [0.5, 0.6) is 0 Å².